The number of hydrogen-bond donors (Lipinski definition) is 2. The van der Waals surface area contributed by atoms with Crippen LogP contribution in [0, 0.1) is 0 Å². The summed E-state index contributed by atoms with van der Waals surface area (Å²) in [6.45, 7) is 1.36. The van der Waals surface area contributed by atoms with E-state index in [1.54, 1.807) is 31.2 Å². The van der Waals surface area contributed by atoms with Crippen molar-refractivity contribution in [1.29, 1.82) is 0 Å². The van der Waals surface area contributed by atoms with Crippen LogP contribution in [0.2, 0.25) is 5.02 Å². The van der Waals surface area contributed by atoms with Crippen LogP contribution in [0.5, 0.6) is 5.75 Å². The van der Waals surface area contributed by atoms with Crippen molar-refractivity contribution < 1.29 is 23.1 Å². The molecule has 0 fully saturated rings. The number of halogens is 1. The van der Waals surface area contributed by atoms with Crippen molar-refractivity contribution >= 4 is 27.6 Å². The van der Waals surface area contributed by atoms with Gasteiger partial charge in [0.25, 0.3) is 0 Å². The second-order valence-electron chi connectivity index (χ2n) is 5.51. The van der Waals surface area contributed by atoms with Gasteiger partial charge >= 0.3 is 5.97 Å². The average molecular weight is 384 g/mol. The van der Waals surface area contributed by atoms with E-state index in [0.29, 0.717) is 17.2 Å². The molecule has 1 unspecified atom stereocenters. The highest BCUT2D eigenvalue weighted by Gasteiger charge is 2.17. The monoisotopic (exact) mass is 383 g/mol. The first kappa shape index (κ1) is 19.2. The largest absolute Gasteiger partial charge is 0.482 e. The molecule has 0 spiro atoms. The summed E-state index contributed by atoms with van der Waals surface area (Å²) in [6, 6.07) is 12.5. The van der Waals surface area contributed by atoms with Gasteiger partial charge in [-0.2, -0.15) is 0 Å². The predicted octanol–water partition coefficient (Wildman–Crippen LogP) is 2.71. The Balaban J connectivity index is 1.96. The van der Waals surface area contributed by atoms with Crippen LogP contribution in [-0.2, 0) is 21.2 Å². The molecule has 0 aliphatic carbocycles. The van der Waals surface area contributed by atoms with Gasteiger partial charge in [0.15, 0.2) is 6.61 Å². The molecule has 0 aliphatic rings. The normalized spacial score (nSPS) is 12.6. The van der Waals surface area contributed by atoms with Gasteiger partial charge in [-0.25, -0.2) is 17.9 Å². The van der Waals surface area contributed by atoms with Gasteiger partial charge in [0.1, 0.15) is 5.75 Å². The van der Waals surface area contributed by atoms with E-state index in [0.717, 1.165) is 5.56 Å². The molecule has 0 aromatic heterocycles. The Kier molecular flexibility index (Phi) is 6.41. The number of carboxylic acids is 1. The second-order valence-corrected chi connectivity index (χ2v) is 7.66. The Labute approximate surface area is 151 Å². The topological polar surface area (TPSA) is 92.7 Å². The summed E-state index contributed by atoms with van der Waals surface area (Å²) < 4.78 is 32.3. The molecule has 8 heteroatoms. The molecular formula is C17H18ClNO5S. The molecule has 25 heavy (non-hydrogen) atoms. The number of benzene rings is 2. The number of carboxylic acid groups (broad SMARTS) is 1. The Hall–Kier alpha value is -2.09. The number of nitrogens with one attached hydrogen (secondary N) is 1. The first-order valence-electron chi connectivity index (χ1n) is 7.48. The van der Waals surface area contributed by atoms with E-state index in [2.05, 4.69) is 4.72 Å². The molecule has 0 heterocycles. The highest BCUT2D eigenvalue weighted by Crippen LogP contribution is 2.16. The van der Waals surface area contributed by atoms with Crippen molar-refractivity contribution in [3.8, 4) is 5.75 Å². The fraction of sp³-hybridized carbons (Fsp3) is 0.235. The zero-order valence-electron chi connectivity index (χ0n) is 13.5. The summed E-state index contributed by atoms with van der Waals surface area (Å²) in [7, 11) is -3.62. The Morgan fingerprint density at radius 3 is 2.32 bits per heavy atom. The van der Waals surface area contributed by atoms with Gasteiger partial charge < -0.3 is 9.84 Å². The van der Waals surface area contributed by atoms with Crippen molar-refractivity contribution in [3.63, 3.8) is 0 Å². The lowest BCUT2D eigenvalue weighted by molar-refractivity contribution is -0.139. The van der Waals surface area contributed by atoms with E-state index in [1.165, 1.54) is 24.3 Å². The third-order valence-electron chi connectivity index (χ3n) is 3.31. The van der Waals surface area contributed by atoms with E-state index >= 15 is 0 Å². The summed E-state index contributed by atoms with van der Waals surface area (Å²) in [5.41, 5.74) is 0.897. The standard InChI is InChI=1S/C17H18ClNO5S/c1-12(19-25(22,23)16-8-4-14(18)5-9-16)10-13-2-6-15(7-3-13)24-11-17(20)21/h2-9,12,19H,10-11H2,1H3,(H,20,21). The number of rotatable bonds is 8. The molecule has 2 aromatic carbocycles. The van der Waals surface area contributed by atoms with Crippen LogP contribution in [0.4, 0.5) is 0 Å². The van der Waals surface area contributed by atoms with Gasteiger partial charge in [-0.15, -0.1) is 0 Å². The van der Waals surface area contributed by atoms with Crippen LogP contribution in [0.25, 0.3) is 0 Å². The van der Waals surface area contributed by atoms with Crippen LogP contribution in [0.1, 0.15) is 12.5 Å². The fourth-order valence-electron chi connectivity index (χ4n) is 2.21. The van der Waals surface area contributed by atoms with Crippen molar-refractivity contribution in [2.45, 2.75) is 24.3 Å². The van der Waals surface area contributed by atoms with Crippen LogP contribution < -0.4 is 9.46 Å². The summed E-state index contributed by atoms with van der Waals surface area (Å²) in [4.78, 5) is 10.6. The van der Waals surface area contributed by atoms with Crippen LogP contribution in [0.3, 0.4) is 0 Å². The molecule has 0 saturated heterocycles. The summed E-state index contributed by atoms with van der Waals surface area (Å²) >= 11 is 5.77. The Bertz CT molecular complexity index is 819. The lowest BCUT2D eigenvalue weighted by Crippen LogP contribution is -2.34. The number of aliphatic carboxylic acids is 1. The minimum absolute atomic E-state index is 0.154. The highest BCUT2D eigenvalue weighted by atomic mass is 35.5. The molecule has 2 rings (SSSR count). The first-order chi connectivity index (χ1) is 11.8. The lowest BCUT2D eigenvalue weighted by Gasteiger charge is -2.15. The van der Waals surface area contributed by atoms with Crippen molar-refractivity contribution in [2.24, 2.45) is 0 Å². The van der Waals surface area contributed by atoms with Gasteiger partial charge in [0.05, 0.1) is 4.90 Å². The molecule has 0 bridgehead atoms. The van der Waals surface area contributed by atoms with E-state index in [4.69, 9.17) is 21.4 Å². The third kappa shape index (κ3) is 6.04. The quantitative estimate of drug-likeness (QED) is 0.731. The van der Waals surface area contributed by atoms with Crippen LogP contribution in [0.15, 0.2) is 53.4 Å². The predicted molar refractivity (Wildman–Crippen MR) is 94.5 cm³/mol. The number of hydrogen-bond acceptors (Lipinski definition) is 4. The molecule has 0 aliphatic heterocycles. The van der Waals surface area contributed by atoms with E-state index in [9.17, 15) is 13.2 Å². The maximum absolute atomic E-state index is 12.3. The molecule has 2 aromatic rings. The third-order valence-corrected chi connectivity index (χ3v) is 5.17. The van der Waals surface area contributed by atoms with Crippen LogP contribution >= 0.6 is 11.6 Å². The lowest BCUT2D eigenvalue weighted by atomic mass is 10.1. The van der Waals surface area contributed by atoms with E-state index in [1.807, 2.05) is 0 Å². The zero-order chi connectivity index (χ0) is 18.4. The summed E-state index contributed by atoms with van der Waals surface area (Å²) in [5, 5.41) is 9.04. The second kappa shape index (κ2) is 8.33. The molecule has 134 valence electrons. The average Bonchev–Trinajstić information content (AvgIpc) is 2.54. The fourth-order valence-corrected chi connectivity index (χ4v) is 3.58. The van der Waals surface area contributed by atoms with Crippen molar-refractivity contribution in [2.75, 3.05) is 6.61 Å². The Morgan fingerprint density at radius 1 is 1.16 bits per heavy atom. The van der Waals surface area contributed by atoms with Crippen LogP contribution in [-0.4, -0.2) is 32.1 Å². The minimum atomic E-state index is -3.62. The summed E-state index contributed by atoms with van der Waals surface area (Å²) in [5.74, 6) is -0.602. The molecule has 6 nitrogen and oxygen atoms in total. The molecule has 1 atom stereocenters. The van der Waals surface area contributed by atoms with E-state index in [-0.39, 0.29) is 10.9 Å². The van der Waals surface area contributed by atoms with Gasteiger partial charge in [0.2, 0.25) is 10.0 Å². The molecule has 0 radical (unpaired) electrons. The van der Waals surface area contributed by atoms with Gasteiger partial charge in [-0.3, -0.25) is 0 Å². The molecule has 0 amide bonds. The van der Waals surface area contributed by atoms with Gasteiger partial charge in [0, 0.05) is 11.1 Å². The highest BCUT2D eigenvalue weighted by molar-refractivity contribution is 7.89. The van der Waals surface area contributed by atoms with Gasteiger partial charge in [-0.05, 0) is 55.3 Å². The minimum Gasteiger partial charge on any atom is -0.482 e. The Morgan fingerprint density at radius 2 is 1.76 bits per heavy atom. The van der Waals surface area contributed by atoms with Gasteiger partial charge in [-0.1, -0.05) is 23.7 Å². The zero-order valence-corrected chi connectivity index (χ0v) is 15.0. The number of carbonyl (C=O) groups is 1. The SMILES string of the molecule is CC(Cc1ccc(OCC(=O)O)cc1)NS(=O)(=O)c1ccc(Cl)cc1. The first-order valence-corrected chi connectivity index (χ1v) is 9.34. The number of ether oxygens (including phenoxy) is 1. The molecule has 0 saturated carbocycles. The molecule has 2 N–H and O–H groups in total. The smallest absolute Gasteiger partial charge is 0.341 e. The maximum atomic E-state index is 12.3. The molecular weight excluding hydrogens is 366 g/mol. The summed E-state index contributed by atoms with van der Waals surface area (Å²) in [6.07, 6.45) is 0.478. The maximum Gasteiger partial charge on any atom is 0.341 e. The van der Waals surface area contributed by atoms with Crippen molar-refractivity contribution in [3.05, 3.63) is 59.1 Å². The van der Waals surface area contributed by atoms with E-state index < -0.39 is 22.6 Å². The van der Waals surface area contributed by atoms with Crippen molar-refractivity contribution in [1.82, 2.24) is 4.72 Å². The number of sulfonamides is 1.